The Morgan fingerprint density at radius 2 is 1.74 bits per heavy atom. The number of rotatable bonds is 13. The highest BCUT2D eigenvalue weighted by atomic mass is 35.5. The molecule has 2 bridgehead atoms. The fraction of sp³-hybridized carbons (Fsp3) is 0.444. The number of pyridine rings is 1. The summed E-state index contributed by atoms with van der Waals surface area (Å²) in [6.45, 7) is 2.09. The fourth-order valence-electron chi connectivity index (χ4n) is 9.71. The van der Waals surface area contributed by atoms with Crippen LogP contribution >= 0.6 is 11.6 Å². The van der Waals surface area contributed by atoms with Crippen LogP contribution in [0.25, 0.3) is 22.4 Å². The van der Waals surface area contributed by atoms with E-state index in [1.807, 2.05) is 53.4 Å². The maximum Gasteiger partial charge on any atom is 0.419 e. The molecule has 306 valence electrons. The third-order valence-corrected chi connectivity index (χ3v) is 12.9. The molecular formula is C45H47ClF3N3O6. The van der Waals surface area contributed by atoms with Gasteiger partial charge in [-0.25, -0.2) is 4.98 Å². The molecule has 4 fully saturated rings. The van der Waals surface area contributed by atoms with Crippen LogP contribution in [-0.4, -0.2) is 60.1 Å². The second kappa shape index (κ2) is 16.5. The molecule has 0 radical (unpaired) electrons. The van der Waals surface area contributed by atoms with Crippen molar-refractivity contribution in [2.24, 2.45) is 17.8 Å². The largest absolute Gasteiger partial charge is 0.496 e. The van der Waals surface area contributed by atoms with Gasteiger partial charge in [-0.1, -0.05) is 54.1 Å². The van der Waals surface area contributed by atoms with Crippen molar-refractivity contribution in [1.82, 2.24) is 15.2 Å². The van der Waals surface area contributed by atoms with Gasteiger partial charge in [-0.3, -0.25) is 14.5 Å². The highest BCUT2D eigenvalue weighted by Crippen LogP contribution is 2.48. The van der Waals surface area contributed by atoms with E-state index in [0.717, 1.165) is 53.3 Å². The number of piperidine rings is 2. The number of alkyl halides is 3. The molecule has 9 rings (SSSR count). The van der Waals surface area contributed by atoms with Crippen LogP contribution in [0.15, 0.2) is 60.7 Å². The number of benzene rings is 3. The number of ether oxygens (including phenoxy) is 3. The average Bonchev–Trinajstić information content (AvgIpc) is 3.83. The van der Waals surface area contributed by atoms with Gasteiger partial charge in [-0.05, 0) is 85.7 Å². The summed E-state index contributed by atoms with van der Waals surface area (Å²) < 4.78 is 61.9. The van der Waals surface area contributed by atoms with E-state index in [1.54, 1.807) is 7.11 Å². The minimum absolute atomic E-state index is 0.154. The number of carboxylic acid groups (broad SMARTS) is 1. The topological polar surface area (TPSA) is 110 Å². The van der Waals surface area contributed by atoms with Gasteiger partial charge in [-0.2, -0.15) is 13.2 Å². The van der Waals surface area contributed by atoms with Gasteiger partial charge in [0.05, 0.1) is 36.4 Å². The predicted octanol–water partition coefficient (Wildman–Crippen LogP) is 9.32. The lowest BCUT2D eigenvalue weighted by Crippen LogP contribution is -2.54. The van der Waals surface area contributed by atoms with Crippen LogP contribution in [0, 0.1) is 17.8 Å². The van der Waals surface area contributed by atoms with Gasteiger partial charge in [-0.15, -0.1) is 0 Å². The number of carbonyl (C=O) groups is 2. The molecule has 2 N–H and O–H groups in total. The first kappa shape index (κ1) is 40.1. The average molecular weight is 818 g/mol. The van der Waals surface area contributed by atoms with Crippen molar-refractivity contribution in [2.75, 3.05) is 27.3 Å². The smallest absolute Gasteiger partial charge is 0.419 e. The van der Waals surface area contributed by atoms with E-state index in [2.05, 4.69) is 5.32 Å². The van der Waals surface area contributed by atoms with Gasteiger partial charge in [0.2, 0.25) is 5.88 Å². The Morgan fingerprint density at radius 3 is 2.47 bits per heavy atom. The highest BCUT2D eigenvalue weighted by Gasteiger charge is 2.45. The number of hydrogen-bond acceptors (Lipinski definition) is 8. The van der Waals surface area contributed by atoms with E-state index in [9.17, 15) is 27.9 Å². The van der Waals surface area contributed by atoms with E-state index in [1.165, 1.54) is 13.2 Å². The lowest BCUT2D eigenvalue weighted by atomic mass is 9.72. The number of nitrogens with zero attached hydrogens (tertiary/aromatic N) is 2. The zero-order valence-corrected chi connectivity index (χ0v) is 33.3. The number of aromatic nitrogens is 1. The molecule has 5 aliphatic rings. The molecule has 2 aliphatic heterocycles. The Bertz CT molecular complexity index is 2220. The third-order valence-electron chi connectivity index (χ3n) is 12.5. The Labute approximate surface area is 340 Å². The first-order valence-electron chi connectivity index (χ1n) is 20.0. The molecule has 58 heavy (non-hydrogen) atoms. The van der Waals surface area contributed by atoms with Gasteiger partial charge < -0.3 is 24.6 Å². The summed E-state index contributed by atoms with van der Waals surface area (Å²) in [5.74, 6) is -0.0897. The van der Waals surface area contributed by atoms with Gasteiger partial charge in [0.25, 0.3) is 0 Å². The van der Waals surface area contributed by atoms with Crippen LogP contribution in [0.5, 0.6) is 17.4 Å². The molecular weight excluding hydrogens is 771 g/mol. The highest BCUT2D eigenvalue weighted by molar-refractivity contribution is 6.36. The number of halogens is 4. The number of aliphatic carboxylic acids is 1. The Hall–Kier alpha value is -4.65. The van der Waals surface area contributed by atoms with Gasteiger partial charge in [0.1, 0.15) is 23.4 Å². The summed E-state index contributed by atoms with van der Waals surface area (Å²) in [5.41, 5.74) is 5.07. The summed E-state index contributed by atoms with van der Waals surface area (Å²) in [4.78, 5) is 30.5. The minimum atomic E-state index is -4.71. The van der Waals surface area contributed by atoms with E-state index in [0.29, 0.717) is 91.0 Å². The van der Waals surface area contributed by atoms with Crippen molar-refractivity contribution in [3.63, 3.8) is 0 Å². The van der Waals surface area contributed by atoms with Gasteiger partial charge in [0, 0.05) is 66.8 Å². The van der Waals surface area contributed by atoms with Crippen LogP contribution in [0.3, 0.4) is 0 Å². The lowest BCUT2D eigenvalue weighted by Gasteiger charge is -2.48. The molecule has 3 aromatic carbocycles. The first-order chi connectivity index (χ1) is 27.9. The molecule has 4 aromatic rings. The van der Waals surface area contributed by atoms with Crippen molar-refractivity contribution in [2.45, 2.75) is 82.8 Å². The number of hydrogen-bond donors (Lipinski definition) is 2. The monoisotopic (exact) mass is 817 g/mol. The number of Topliss-reactive ketones (excluding diaryl/α,β-unsaturated/α-hetero) is 1. The fourth-order valence-corrected chi connectivity index (χ4v) is 10.0. The number of carboxylic acids is 1. The van der Waals surface area contributed by atoms with Crippen LogP contribution in [0.4, 0.5) is 13.2 Å². The van der Waals surface area contributed by atoms with Crippen LogP contribution in [0.2, 0.25) is 5.02 Å². The van der Waals surface area contributed by atoms with E-state index < -0.39 is 29.7 Å². The zero-order valence-electron chi connectivity index (χ0n) is 32.5. The zero-order chi connectivity index (χ0) is 40.7. The second-order valence-corrected chi connectivity index (χ2v) is 16.5. The van der Waals surface area contributed by atoms with E-state index in [4.69, 9.17) is 30.8 Å². The molecule has 2 saturated carbocycles. The van der Waals surface area contributed by atoms with Crippen LogP contribution in [-0.2, 0) is 35.3 Å². The van der Waals surface area contributed by atoms with Gasteiger partial charge >= 0.3 is 12.1 Å². The van der Waals surface area contributed by atoms with Crippen molar-refractivity contribution >= 4 is 23.4 Å². The molecule has 3 unspecified atom stereocenters. The Morgan fingerprint density at radius 1 is 0.948 bits per heavy atom. The van der Waals surface area contributed by atoms with Gasteiger partial charge in [0.15, 0.2) is 0 Å². The van der Waals surface area contributed by atoms with Crippen LogP contribution in [0.1, 0.15) is 78.9 Å². The molecule has 5 atom stereocenters. The van der Waals surface area contributed by atoms with Crippen molar-refractivity contribution in [3.8, 4) is 39.8 Å². The summed E-state index contributed by atoms with van der Waals surface area (Å²) >= 11 is 7.16. The lowest BCUT2D eigenvalue weighted by molar-refractivity contribution is -0.150. The molecule has 13 heteroatoms. The molecule has 3 aliphatic carbocycles. The molecule has 9 nitrogen and oxygen atoms in total. The number of methoxy groups -OCH3 is 2. The van der Waals surface area contributed by atoms with Crippen molar-refractivity contribution < 1.29 is 42.1 Å². The van der Waals surface area contributed by atoms with E-state index >= 15 is 0 Å². The number of fused-ring (bicyclic) bond motifs is 4. The Kier molecular flexibility index (Phi) is 11.4. The summed E-state index contributed by atoms with van der Waals surface area (Å²) in [6, 6.07) is 17.5. The molecule has 3 heterocycles. The summed E-state index contributed by atoms with van der Waals surface area (Å²) in [5, 5.41) is 13.8. The van der Waals surface area contributed by atoms with Crippen LogP contribution < -0.4 is 19.5 Å². The second-order valence-electron chi connectivity index (χ2n) is 16.1. The minimum Gasteiger partial charge on any atom is -0.496 e. The first-order valence-corrected chi connectivity index (χ1v) is 20.4. The molecule has 0 amide bonds. The quantitative estimate of drug-likeness (QED) is 0.136. The van der Waals surface area contributed by atoms with Crippen molar-refractivity contribution in [3.05, 3.63) is 93.5 Å². The maximum atomic E-state index is 14.8. The summed E-state index contributed by atoms with van der Waals surface area (Å²) in [6.07, 6.45) is 0.0914. The third kappa shape index (κ3) is 8.03. The maximum absolute atomic E-state index is 14.8. The number of carbonyl (C=O) groups excluding carboxylic acids is 1. The normalized spacial score (nSPS) is 22.9. The number of nitrogens with one attached hydrogen (secondary N) is 1. The molecule has 0 spiro atoms. The SMILES string of the molecule is COc1cc(O[C@H]2CCc3c(-c4cccc(-c5ccc(CNC[C@@H]6CCC(=O)C6)c(OC)n5)c4Cl)cccc32)c(C(F)(F)F)cc1CN1CC2CCC1C(C(=O)O)C2. The van der Waals surface area contributed by atoms with Crippen molar-refractivity contribution in [1.29, 1.82) is 0 Å². The van der Waals surface area contributed by atoms with E-state index in [-0.39, 0.29) is 30.0 Å². The number of ketones is 1. The summed E-state index contributed by atoms with van der Waals surface area (Å²) in [7, 11) is 3.00. The predicted molar refractivity (Wildman–Crippen MR) is 213 cm³/mol. The molecule has 2 saturated heterocycles. The Balaban J connectivity index is 1.03. The standard InChI is InChI=1S/C45H47ClF3N3O6/c1-56-40-20-41(36(45(47,48)49)19-28(40)24-52-23-26-10-15-38(52)35(18-26)44(54)55)58-39-16-13-31-30(5-3-6-32(31)39)33-7-4-8-34(42(33)46)37-14-11-27(43(51-37)57-2)22-50-21-25-9-12-29(53)17-25/h3-8,11,14,19-20,25-26,35,38-39,50H,9-10,12-13,15-18,21-24H2,1-2H3,(H,54,55)/t25-,26?,35?,38?,39+/m1/s1. The molecule has 1 aromatic heterocycles.